The summed E-state index contributed by atoms with van der Waals surface area (Å²) in [6.07, 6.45) is 86.6. The Morgan fingerprint density at radius 2 is 0.513 bits per heavy atom. The molecule has 0 saturated carbocycles. The number of carbonyl (C=O) groups excluding carboxylic acids is 3. The Bertz CT molecular complexity index is 1540. The third-order valence-electron chi connectivity index (χ3n) is 13.5. The van der Waals surface area contributed by atoms with Gasteiger partial charge in [-0.05, 0) is 103 Å². The lowest BCUT2D eigenvalue weighted by Gasteiger charge is -2.18. The van der Waals surface area contributed by atoms with Crippen molar-refractivity contribution in [2.45, 2.75) is 303 Å². The number of carbonyl (C=O) groups is 3. The van der Waals surface area contributed by atoms with Gasteiger partial charge in [0.15, 0.2) is 6.10 Å². The maximum atomic E-state index is 12.9. The number of esters is 3. The van der Waals surface area contributed by atoms with E-state index < -0.39 is 6.10 Å². The average Bonchev–Trinajstić information content (AvgIpc) is 3.42. The van der Waals surface area contributed by atoms with Gasteiger partial charge in [-0.25, -0.2) is 0 Å². The van der Waals surface area contributed by atoms with Crippen LogP contribution in [0.3, 0.4) is 0 Å². The monoisotopic (exact) mass is 1050 g/mol. The molecular formula is C70H118O6. The summed E-state index contributed by atoms with van der Waals surface area (Å²) >= 11 is 0. The van der Waals surface area contributed by atoms with Gasteiger partial charge in [0.25, 0.3) is 0 Å². The first-order chi connectivity index (χ1) is 37.5. The minimum atomic E-state index is -0.799. The van der Waals surface area contributed by atoms with Gasteiger partial charge in [-0.2, -0.15) is 0 Å². The Hall–Kier alpha value is -3.93. The summed E-state index contributed by atoms with van der Waals surface area (Å²) in [5.41, 5.74) is 0. The first kappa shape index (κ1) is 72.1. The van der Waals surface area contributed by atoms with E-state index in [1.54, 1.807) is 0 Å². The molecule has 0 radical (unpaired) electrons. The summed E-state index contributed by atoms with van der Waals surface area (Å²) in [7, 11) is 0. The SMILES string of the molecule is CC/C=C\C/C=C\C/C=C\C/C=C\C/C=C\CCCCCCCC(=O)OCC(COC(=O)CCCCCC/C=C\C/C=C\C/C=C\C/C=C\CC)OC(=O)CCCCCCCCCCCCCCCCCCCCCC. The maximum absolute atomic E-state index is 12.9. The van der Waals surface area contributed by atoms with Crippen molar-refractivity contribution >= 4 is 17.9 Å². The van der Waals surface area contributed by atoms with Gasteiger partial charge in [-0.3, -0.25) is 14.4 Å². The number of hydrogen-bond donors (Lipinski definition) is 0. The first-order valence-corrected chi connectivity index (χ1v) is 31.9. The molecule has 0 amide bonds. The van der Waals surface area contributed by atoms with Gasteiger partial charge in [0.1, 0.15) is 13.2 Å². The van der Waals surface area contributed by atoms with E-state index in [1.807, 2.05) is 0 Å². The van der Waals surface area contributed by atoms with Crippen molar-refractivity contribution in [2.24, 2.45) is 0 Å². The van der Waals surface area contributed by atoms with Crippen LogP contribution in [0, 0.1) is 0 Å². The molecule has 0 rings (SSSR count). The van der Waals surface area contributed by atoms with Crippen LogP contribution in [-0.2, 0) is 28.6 Å². The lowest BCUT2D eigenvalue weighted by Crippen LogP contribution is -2.30. The molecule has 0 fully saturated rings. The summed E-state index contributed by atoms with van der Waals surface area (Å²) in [6.45, 7) is 6.41. The fourth-order valence-electron chi connectivity index (χ4n) is 8.81. The Kier molecular flexibility index (Phi) is 60.3. The maximum Gasteiger partial charge on any atom is 0.306 e. The van der Waals surface area contributed by atoms with Crippen molar-refractivity contribution in [3.05, 3.63) is 109 Å². The summed E-state index contributed by atoms with van der Waals surface area (Å²) in [6, 6.07) is 0. The van der Waals surface area contributed by atoms with Gasteiger partial charge in [-0.15, -0.1) is 0 Å². The van der Waals surface area contributed by atoms with E-state index in [2.05, 4.69) is 130 Å². The van der Waals surface area contributed by atoms with Crippen molar-refractivity contribution in [1.82, 2.24) is 0 Å². The fraction of sp³-hybridized carbons (Fsp3) is 0.700. The minimum absolute atomic E-state index is 0.0956. The van der Waals surface area contributed by atoms with Crippen LogP contribution >= 0.6 is 0 Å². The lowest BCUT2D eigenvalue weighted by molar-refractivity contribution is -0.167. The van der Waals surface area contributed by atoms with Crippen LogP contribution < -0.4 is 0 Å². The third-order valence-corrected chi connectivity index (χ3v) is 13.5. The molecule has 0 spiro atoms. The molecule has 0 aliphatic rings. The molecule has 76 heavy (non-hydrogen) atoms. The molecule has 434 valence electrons. The highest BCUT2D eigenvalue weighted by molar-refractivity contribution is 5.71. The van der Waals surface area contributed by atoms with Gasteiger partial charge in [0, 0.05) is 19.3 Å². The number of unbranched alkanes of at least 4 members (excludes halogenated alkanes) is 28. The highest BCUT2D eigenvalue weighted by Gasteiger charge is 2.19. The van der Waals surface area contributed by atoms with Gasteiger partial charge in [-0.1, -0.05) is 284 Å². The molecule has 1 unspecified atom stereocenters. The normalized spacial score (nSPS) is 12.8. The van der Waals surface area contributed by atoms with E-state index in [0.717, 1.165) is 148 Å². The van der Waals surface area contributed by atoms with Crippen LogP contribution in [-0.4, -0.2) is 37.2 Å². The smallest absolute Gasteiger partial charge is 0.306 e. The molecule has 0 aliphatic heterocycles. The van der Waals surface area contributed by atoms with Crippen LogP contribution in [0.4, 0.5) is 0 Å². The molecule has 0 aromatic carbocycles. The highest BCUT2D eigenvalue weighted by atomic mass is 16.6. The second-order valence-corrected chi connectivity index (χ2v) is 20.9. The standard InChI is InChI=1S/C70H118O6/c1-4-7-10-13-16-19-22-25-28-31-33-35-37-39-42-45-48-51-54-57-60-63-69(72)75-66-67(65-74-68(71)62-59-56-53-50-47-44-41-38-30-27-24-21-18-15-12-9-6-3)76-70(73)64-61-58-55-52-49-46-43-40-36-34-32-29-26-23-20-17-14-11-8-5-2/h7,9-10,12,16,18-19,21,25,27-28,30,33,35,39,41-42,44,67H,4-6,8,11,13-15,17,20,22-24,26,29,31-32,34,36-38,40,43,45-66H2,1-3H3/b10-7-,12-9-,19-16-,21-18-,28-25-,30-27-,35-33-,42-39-,44-41-. The number of ether oxygens (including phenoxy) is 3. The fourth-order valence-corrected chi connectivity index (χ4v) is 8.81. The Labute approximate surface area is 470 Å². The molecular weight excluding hydrogens is 937 g/mol. The topological polar surface area (TPSA) is 78.9 Å². The van der Waals surface area contributed by atoms with Crippen LogP contribution in [0.5, 0.6) is 0 Å². The summed E-state index contributed by atoms with van der Waals surface area (Å²) < 4.78 is 16.9. The largest absolute Gasteiger partial charge is 0.462 e. The van der Waals surface area contributed by atoms with Crippen LogP contribution in [0.1, 0.15) is 297 Å². The number of rotatable bonds is 57. The van der Waals surface area contributed by atoms with Crippen molar-refractivity contribution < 1.29 is 28.6 Å². The summed E-state index contributed by atoms with van der Waals surface area (Å²) in [5, 5.41) is 0. The summed E-state index contributed by atoms with van der Waals surface area (Å²) in [5.74, 6) is -0.926. The van der Waals surface area contributed by atoms with E-state index in [9.17, 15) is 14.4 Å². The zero-order chi connectivity index (χ0) is 55.0. The summed E-state index contributed by atoms with van der Waals surface area (Å²) in [4.78, 5) is 38.3. The molecule has 0 N–H and O–H groups in total. The highest BCUT2D eigenvalue weighted by Crippen LogP contribution is 2.16. The molecule has 0 aliphatic carbocycles. The van der Waals surface area contributed by atoms with E-state index in [-0.39, 0.29) is 31.1 Å². The molecule has 0 heterocycles. The lowest BCUT2D eigenvalue weighted by atomic mass is 10.0. The molecule has 6 heteroatoms. The van der Waals surface area contributed by atoms with E-state index in [1.165, 1.54) is 109 Å². The minimum Gasteiger partial charge on any atom is -0.462 e. The second-order valence-electron chi connectivity index (χ2n) is 20.9. The molecule has 0 aromatic heterocycles. The quantitative estimate of drug-likeness (QED) is 0.0261. The predicted molar refractivity (Wildman–Crippen MR) is 330 cm³/mol. The number of hydrogen-bond acceptors (Lipinski definition) is 6. The van der Waals surface area contributed by atoms with Gasteiger partial charge in [0.2, 0.25) is 0 Å². The zero-order valence-electron chi connectivity index (χ0n) is 49.7. The Morgan fingerprint density at radius 3 is 0.803 bits per heavy atom. The first-order valence-electron chi connectivity index (χ1n) is 31.9. The predicted octanol–water partition coefficient (Wildman–Crippen LogP) is 21.8. The third kappa shape index (κ3) is 60.9. The van der Waals surface area contributed by atoms with Gasteiger partial charge < -0.3 is 14.2 Å². The second kappa shape index (κ2) is 63.6. The Morgan fingerprint density at radius 1 is 0.276 bits per heavy atom. The Balaban J connectivity index is 4.44. The molecule has 0 bridgehead atoms. The van der Waals surface area contributed by atoms with Crippen LogP contribution in [0.25, 0.3) is 0 Å². The molecule has 6 nitrogen and oxygen atoms in total. The van der Waals surface area contributed by atoms with Crippen LogP contribution in [0.15, 0.2) is 109 Å². The van der Waals surface area contributed by atoms with E-state index in [0.29, 0.717) is 19.3 Å². The van der Waals surface area contributed by atoms with Gasteiger partial charge >= 0.3 is 17.9 Å². The number of allylic oxidation sites excluding steroid dienone is 18. The van der Waals surface area contributed by atoms with E-state index in [4.69, 9.17) is 14.2 Å². The van der Waals surface area contributed by atoms with Crippen LogP contribution in [0.2, 0.25) is 0 Å². The molecule has 0 saturated heterocycles. The van der Waals surface area contributed by atoms with Crippen molar-refractivity contribution in [3.8, 4) is 0 Å². The van der Waals surface area contributed by atoms with Gasteiger partial charge in [0.05, 0.1) is 0 Å². The van der Waals surface area contributed by atoms with E-state index >= 15 is 0 Å². The van der Waals surface area contributed by atoms with Crippen molar-refractivity contribution in [2.75, 3.05) is 13.2 Å². The van der Waals surface area contributed by atoms with Crippen molar-refractivity contribution in [3.63, 3.8) is 0 Å². The molecule has 0 aromatic rings. The zero-order valence-corrected chi connectivity index (χ0v) is 49.7. The average molecular weight is 1060 g/mol. The molecule has 1 atom stereocenters. The van der Waals surface area contributed by atoms with Crippen molar-refractivity contribution in [1.29, 1.82) is 0 Å².